The monoisotopic (exact) mass is 290 g/mol. The van der Waals surface area contributed by atoms with E-state index in [9.17, 15) is 32.9 Å². The summed E-state index contributed by atoms with van der Waals surface area (Å²) in [5.41, 5.74) is -1.67. The molecule has 8 heteroatoms. The van der Waals surface area contributed by atoms with Gasteiger partial charge in [0.15, 0.2) is 34.6 Å². The molecule has 0 unspecified atom stereocenters. The number of phenols is 4. The minimum atomic E-state index is -2.20. The molecule has 0 saturated heterocycles. The highest BCUT2D eigenvalue weighted by molar-refractivity contribution is 5.75. The summed E-state index contributed by atoms with van der Waals surface area (Å²) < 4.78 is 52.8. The smallest absolute Gasteiger partial charge is 0.204 e. The van der Waals surface area contributed by atoms with E-state index < -0.39 is 57.4 Å². The zero-order valence-electron chi connectivity index (χ0n) is 9.46. The number of rotatable bonds is 1. The van der Waals surface area contributed by atoms with Gasteiger partial charge in [-0.1, -0.05) is 0 Å². The Balaban J connectivity index is 2.83. The lowest BCUT2D eigenvalue weighted by atomic mass is 10.0. The highest BCUT2D eigenvalue weighted by Gasteiger charge is 2.27. The topological polar surface area (TPSA) is 80.9 Å². The third-order valence-corrected chi connectivity index (χ3v) is 2.60. The predicted molar refractivity (Wildman–Crippen MR) is 58.4 cm³/mol. The van der Waals surface area contributed by atoms with E-state index in [0.29, 0.717) is 12.1 Å². The molecule has 0 aromatic heterocycles. The minimum absolute atomic E-state index is 0.564. The molecule has 4 nitrogen and oxygen atoms in total. The third kappa shape index (κ3) is 1.85. The second-order valence-electron chi connectivity index (χ2n) is 3.84. The van der Waals surface area contributed by atoms with E-state index in [-0.39, 0.29) is 0 Å². The zero-order valence-corrected chi connectivity index (χ0v) is 9.46. The molecule has 2 rings (SSSR count). The Morgan fingerprint density at radius 1 is 0.600 bits per heavy atom. The van der Waals surface area contributed by atoms with Gasteiger partial charge in [0, 0.05) is 0 Å². The first-order valence-corrected chi connectivity index (χ1v) is 5.06. The maximum atomic E-state index is 13.6. The maximum Gasteiger partial charge on any atom is 0.204 e. The summed E-state index contributed by atoms with van der Waals surface area (Å²) >= 11 is 0. The number of halogens is 4. The van der Waals surface area contributed by atoms with Crippen LogP contribution in [0.5, 0.6) is 23.0 Å². The van der Waals surface area contributed by atoms with Crippen LogP contribution in [0.3, 0.4) is 0 Å². The van der Waals surface area contributed by atoms with Crippen LogP contribution in [0.25, 0.3) is 11.1 Å². The van der Waals surface area contributed by atoms with E-state index in [1.54, 1.807) is 0 Å². The van der Waals surface area contributed by atoms with Crippen molar-refractivity contribution in [2.45, 2.75) is 0 Å². The number of hydrogen-bond acceptors (Lipinski definition) is 4. The largest absolute Gasteiger partial charge is 0.504 e. The predicted octanol–water partition coefficient (Wildman–Crippen LogP) is 2.73. The summed E-state index contributed by atoms with van der Waals surface area (Å²) in [6, 6.07) is 1.26. The first kappa shape index (κ1) is 13.8. The van der Waals surface area contributed by atoms with Gasteiger partial charge in [0.1, 0.15) is 0 Å². The molecular weight excluding hydrogens is 284 g/mol. The van der Waals surface area contributed by atoms with Gasteiger partial charge in [-0.15, -0.1) is 0 Å². The van der Waals surface area contributed by atoms with Gasteiger partial charge in [-0.25, -0.2) is 13.2 Å². The molecule has 0 aliphatic rings. The van der Waals surface area contributed by atoms with E-state index in [4.69, 9.17) is 5.11 Å². The second kappa shape index (κ2) is 4.48. The van der Waals surface area contributed by atoms with Crippen LogP contribution in [0.4, 0.5) is 17.6 Å². The van der Waals surface area contributed by atoms with Crippen LogP contribution in [0.1, 0.15) is 0 Å². The van der Waals surface area contributed by atoms with Gasteiger partial charge in [0.25, 0.3) is 0 Å². The lowest BCUT2D eigenvalue weighted by Crippen LogP contribution is -2.00. The number of benzene rings is 2. The van der Waals surface area contributed by atoms with Crippen molar-refractivity contribution >= 4 is 0 Å². The lowest BCUT2D eigenvalue weighted by molar-refractivity contribution is 0.365. The molecule has 2 aromatic carbocycles. The van der Waals surface area contributed by atoms with Gasteiger partial charge >= 0.3 is 0 Å². The molecule has 0 aliphatic carbocycles. The van der Waals surface area contributed by atoms with Crippen molar-refractivity contribution in [1.29, 1.82) is 0 Å². The maximum absolute atomic E-state index is 13.6. The molecule has 2 aromatic rings. The number of aromatic hydroxyl groups is 4. The summed E-state index contributed by atoms with van der Waals surface area (Å²) in [5.74, 6) is -12.6. The number of hydrogen-bond donors (Lipinski definition) is 4. The molecule has 0 heterocycles. The molecule has 0 bridgehead atoms. The second-order valence-corrected chi connectivity index (χ2v) is 3.84. The Morgan fingerprint density at radius 2 is 1.05 bits per heavy atom. The SMILES string of the molecule is Oc1cc(-c2c(O)c(F)c(F)c(F)c2F)cc(O)c1O. The summed E-state index contributed by atoms with van der Waals surface area (Å²) in [5, 5.41) is 36.9. The Hall–Kier alpha value is -2.64. The van der Waals surface area contributed by atoms with Gasteiger partial charge < -0.3 is 20.4 Å². The molecule has 0 spiro atoms. The van der Waals surface area contributed by atoms with Crippen molar-refractivity contribution < 1.29 is 38.0 Å². The molecular formula is C12H6F4O4. The first-order chi connectivity index (χ1) is 9.25. The average Bonchev–Trinajstić information content (AvgIpc) is 2.40. The van der Waals surface area contributed by atoms with Crippen molar-refractivity contribution in [3.8, 4) is 34.1 Å². The van der Waals surface area contributed by atoms with Gasteiger partial charge in [-0.3, -0.25) is 0 Å². The minimum Gasteiger partial charge on any atom is -0.504 e. The highest BCUT2D eigenvalue weighted by atomic mass is 19.2. The van der Waals surface area contributed by atoms with E-state index in [2.05, 4.69) is 0 Å². The molecule has 0 aliphatic heterocycles. The van der Waals surface area contributed by atoms with E-state index in [1.165, 1.54) is 0 Å². The first-order valence-electron chi connectivity index (χ1n) is 5.06. The summed E-state index contributed by atoms with van der Waals surface area (Å²) in [6.07, 6.45) is 0. The third-order valence-electron chi connectivity index (χ3n) is 2.60. The van der Waals surface area contributed by atoms with Gasteiger partial charge in [-0.05, 0) is 17.7 Å². The Bertz CT molecular complexity index is 663. The van der Waals surface area contributed by atoms with E-state index in [0.717, 1.165) is 0 Å². The molecule has 20 heavy (non-hydrogen) atoms. The normalized spacial score (nSPS) is 10.8. The molecule has 0 saturated carbocycles. The average molecular weight is 290 g/mol. The van der Waals surface area contributed by atoms with Crippen LogP contribution in [-0.2, 0) is 0 Å². The molecule has 106 valence electrons. The molecule has 0 radical (unpaired) electrons. The van der Waals surface area contributed by atoms with Crippen LogP contribution in [0, 0.1) is 23.3 Å². The Morgan fingerprint density at radius 3 is 1.55 bits per heavy atom. The van der Waals surface area contributed by atoms with E-state index in [1.807, 2.05) is 0 Å². The fourth-order valence-corrected chi connectivity index (χ4v) is 1.63. The molecule has 0 amide bonds. The van der Waals surface area contributed by atoms with Crippen molar-refractivity contribution in [2.24, 2.45) is 0 Å². The van der Waals surface area contributed by atoms with Crippen LogP contribution >= 0.6 is 0 Å². The van der Waals surface area contributed by atoms with E-state index >= 15 is 0 Å². The summed E-state index contributed by atoms with van der Waals surface area (Å²) in [4.78, 5) is 0. The fourth-order valence-electron chi connectivity index (χ4n) is 1.63. The van der Waals surface area contributed by atoms with Crippen LogP contribution in [0.15, 0.2) is 12.1 Å². The standard InChI is InChI=1S/C12H6F4O4/c13-7-6(12(20)10(16)9(15)8(7)14)3-1-4(17)11(19)5(18)2-3/h1-2,17-20H. The zero-order chi connectivity index (χ0) is 15.2. The van der Waals surface area contributed by atoms with Gasteiger partial charge in [-0.2, -0.15) is 4.39 Å². The van der Waals surface area contributed by atoms with Gasteiger partial charge in [0.05, 0.1) is 5.56 Å². The lowest BCUT2D eigenvalue weighted by Gasteiger charge is -2.11. The van der Waals surface area contributed by atoms with Crippen molar-refractivity contribution in [2.75, 3.05) is 0 Å². The van der Waals surface area contributed by atoms with Crippen LogP contribution < -0.4 is 0 Å². The molecule has 0 atom stereocenters. The molecule has 4 N–H and O–H groups in total. The van der Waals surface area contributed by atoms with Crippen molar-refractivity contribution in [3.63, 3.8) is 0 Å². The van der Waals surface area contributed by atoms with Crippen molar-refractivity contribution in [3.05, 3.63) is 35.4 Å². The highest BCUT2D eigenvalue weighted by Crippen LogP contribution is 2.43. The summed E-state index contributed by atoms with van der Waals surface area (Å²) in [7, 11) is 0. The fraction of sp³-hybridized carbons (Fsp3) is 0. The van der Waals surface area contributed by atoms with Gasteiger partial charge in [0.2, 0.25) is 11.6 Å². The van der Waals surface area contributed by atoms with Crippen LogP contribution in [-0.4, -0.2) is 20.4 Å². The summed E-state index contributed by atoms with van der Waals surface area (Å²) in [6.45, 7) is 0. The van der Waals surface area contributed by atoms with Crippen LogP contribution in [0.2, 0.25) is 0 Å². The Kier molecular flexibility index (Phi) is 3.09. The molecule has 0 fully saturated rings. The quantitative estimate of drug-likeness (QED) is 0.282. The number of phenolic OH excluding ortho intramolecular Hbond substituents is 4. The van der Waals surface area contributed by atoms with Crippen molar-refractivity contribution in [1.82, 2.24) is 0 Å². The Labute approximate surface area is 108 Å².